The van der Waals surface area contributed by atoms with Crippen LogP contribution < -0.4 is 4.74 Å². The molecule has 31 heavy (non-hydrogen) atoms. The molecular formula is C26H44O5. The van der Waals surface area contributed by atoms with Crippen molar-refractivity contribution in [3.8, 4) is 17.2 Å². The number of phenols is 2. The maximum Gasteiger partial charge on any atom is 0.343 e. The number of phenolic OH excluding ortho intramolecular Hbond substituents is 1. The smallest absolute Gasteiger partial charge is 0.343 e. The summed E-state index contributed by atoms with van der Waals surface area (Å²) in [6.45, 7) is 4.41. The zero-order valence-corrected chi connectivity index (χ0v) is 20.0. The van der Waals surface area contributed by atoms with Crippen LogP contribution in [0.1, 0.15) is 125 Å². The van der Waals surface area contributed by atoms with Crippen molar-refractivity contribution in [3.05, 3.63) is 16.7 Å². The SMILES string of the molecule is CCCCCCCCCc1c(O)c(O)c(C(=O)O)c(OC)c1CCCCCCCCC. The molecule has 0 bridgehead atoms. The zero-order chi connectivity index (χ0) is 23.1. The summed E-state index contributed by atoms with van der Waals surface area (Å²) >= 11 is 0. The van der Waals surface area contributed by atoms with E-state index in [1.54, 1.807) is 0 Å². The van der Waals surface area contributed by atoms with Crippen LogP contribution in [-0.2, 0) is 12.8 Å². The lowest BCUT2D eigenvalue weighted by Crippen LogP contribution is -2.08. The summed E-state index contributed by atoms with van der Waals surface area (Å²) < 4.78 is 5.44. The topological polar surface area (TPSA) is 87.0 Å². The Labute approximate surface area is 188 Å². The maximum absolute atomic E-state index is 11.7. The molecular weight excluding hydrogens is 392 g/mol. The molecule has 0 amide bonds. The van der Waals surface area contributed by atoms with Crippen molar-refractivity contribution >= 4 is 5.97 Å². The third-order valence-electron chi connectivity index (χ3n) is 6.09. The lowest BCUT2D eigenvalue weighted by atomic mass is 9.91. The molecule has 0 saturated carbocycles. The Kier molecular flexibility index (Phi) is 13.8. The normalized spacial score (nSPS) is 11.1. The minimum absolute atomic E-state index is 0.201. The van der Waals surface area contributed by atoms with Crippen molar-refractivity contribution in [1.82, 2.24) is 0 Å². The van der Waals surface area contributed by atoms with Gasteiger partial charge in [0.05, 0.1) is 7.11 Å². The second kappa shape index (κ2) is 15.8. The summed E-state index contributed by atoms with van der Waals surface area (Å²) in [6.07, 6.45) is 17.5. The van der Waals surface area contributed by atoms with Crippen LogP contribution >= 0.6 is 0 Å². The van der Waals surface area contributed by atoms with Crippen molar-refractivity contribution in [3.63, 3.8) is 0 Å². The molecule has 1 aromatic carbocycles. The van der Waals surface area contributed by atoms with E-state index < -0.39 is 11.7 Å². The molecule has 0 aliphatic rings. The average molecular weight is 437 g/mol. The fraction of sp³-hybridized carbons (Fsp3) is 0.731. The van der Waals surface area contributed by atoms with Crippen molar-refractivity contribution < 1.29 is 24.9 Å². The second-order valence-electron chi connectivity index (χ2n) is 8.61. The Balaban J connectivity index is 2.89. The molecule has 0 radical (unpaired) electrons. The molecule has 0 saturated heterocycles. The minimum atomic E-state index is -1.28. The number of benzene rings is 1. The Morgan fingerprint density at radius 2 is 1.10 bits per heavy atom. The third-order valence-corrected chi connectivity index (χ3v) is 6.09. The standard InChI is InChI=1S/C26H44O5/c1-4-6-8-10-12-14-16-18-20-21(19-17-15-13-11-9-7-5-2)25(31-3)22(26(29)30)24(28)23(20)27/h27-28H,4-19H2,1-3H3,(H,29,30). The molecule has 1 rings (SSSR count). The Morgan fingerprint density at radius 1 is 0.677 bits per heavy atom. The molecule has 0 spiro atoms. The van der Waals surface area contributed by atoms with Gasteiger partial charge in [-0.2, -0.15) is 0 Å². The molecule has 0 unspecified atom stereocenters. The highest BCUT2D eigenvalue weighted by atomic mass is 16.5. The van der Waals surface area contributed by atoms with Gasteiger partial charge in [-0.3, -0.25) is 0 Å². The van der Waals surface area contributed by atoms with E-state index in [-0.39, 0.29) is 17.1 Å². The number of hydrogen-bond acceptors (Lipinski definition) is 4. The number of ether oxygens (including phenoxy) is 1. The molecule has 178 valence electrons. The number of aromatic hydroxyl groups is 2. The predicted molar refractivity (Wildman–Crippen MR) is 127 cm³/mol. The van der Waals surface area contributed by atoms with Gasteiger partial charge < -0.3 is 20.1 Å². The fourth-order valence-corrected chi connectivity index (χ4v) is 4.27. The average Bonchev–Trinajstić information content (AvgIpc) is 2.75. The number of unbranched alkanes of at least 4 members (excludes halogenated alkanes) is 12. The number of carboxylic acid groups (broad SMARTS) is 1. The van der Waals surface area contributed by atoms with Gasteiger partial charge in [0.25, 0.3) is 0 Å². The molecule has 0 aliphatic heterocycles. The monoisotopic (exact) mass is 436 g/mol. The van der Waals surface area contributed by atoms with E-state index in [0.29, 0.717) is 18.4 Å². The van der Waals surface area contributed by atoms with Gasteiger partial charge in [-0.05, 0) is 25.7 Å². The summed E-state index contributed by atoms with van der Waals surface area (Å²) in [5, 5.41) is 30.6. The van der Waals surface area contributed by atoms with E-state index in [1.807, 2.05) is 0 Å². The van der Waals surface area contributed by atoms with Crippen molar-refractivity contribution in [2.75, 3.05) is 7.11 Å². The quantitative estimate of drug-likeness (QED) is 0.165. The number of carboxylic acids is 1. The molecule has 3 N–H and O–H groups in total. The van der Waals surface area contributed by atoms with Crippen LogP contribution in [0.2, 0.25) is 0 Å². The highest BCUT2D eigenvalue weighted by molar-refractivity contribution is 5.96. The Bertz CT molecular complexity index is 654. The first-order valence-corrected chi connectivity index (χ1v) is 12.4. The van der Waals surface area contributed by atoms with Gasteiger partial charge in [0.2, 0.25) is 0 Å². The fourth-order valence-electron chi connectivity index (χ4n) is 4.27. The van der Waals surface area contributed by atoms with Crippen LogP contribution in [0, 0.1) is 0 Å². The highest BCUT2D eigenvalue weighted by Crippen LogP contribution is 2.44. The van der Waals surface area contributed by atoms with Crippen LogP contribution in [0.3, 0.4) is 0 Å². The van der Waals surface area contributed by atoms with E-state index in [4.69, 9.17) is 4.74 Å². The summed E-state index contributed by atoms with van der Waals surface area (Å²) in [5.41, 5.74) is 1.06. The summed E-state index contributed by atoms with van der Waals surface area (Å²) in [5.74, 6) is -1.95. The third kappa shape index (κ3) is 9.00. The van der Waals surface area contributed by atoms with Crippen LogP contribution in [0.25, 0.3) is 0 Å². The van der Waals surface area contributed by atoms with Crippen molar-refractivity contribution in [2.24, 2.45) is 0 Å². The van der Waals surface area contributed by atoms with Gasteiger partial charge in [0.1, 0.15) is 11.3 Å². The van der Waals surface area contributed by atoms with Gasteiger partial charge in [-0.25, -0.2) is 4.79 Å². The molecule has 0 heterocycles. The predicted octanol–water partition coefficient (Wildman–Crippen LogP) is 7.39. The number of methoxy groups -OCH3 is 1. The maximum atomic E-state index is 11.7. The van der Waals surface area contributed by atoms with E-state index in [0.717, 1.165) is 44.1 Å². The van der Waals surface area contributed by atoms with Crippen molar-refractivity contribution in [1.29, 1.82) is 0 Å². The lowest BCUT2D eigenvalue weighted by molar-refractivity contribution is 0.0688. The number of hydrogen-bond donors (Lipinski definition) is 3. The summed E-state index contributed by atoms with van der Waals surface area (Å²) in [7, 11) is 1.43. The largest absolute Gasteiger partial charge is 0.504 e. The Morgan fingerprint density at radius 3 is 1.52 bits per heavy atom. The molecule has 0 aliphatic carbocycles. The molecule has 0 fully saturated rings. The highest BCUT2D eigenvalue weighted by Gasteiger charge is 2.27. The van der Waals surface area contributed by atoms with Gasteiger partial charge in [0, 0.05) is 11.1 Å². The first-order chi connectivity index (χ1) is 15.0. The summed E-state index contributed by atoms with van der Waals surface area (Å²) in [4.78, 5) is 11.7. The van der Waals surface area contributed by atoms with E-state index >= 15 is 0 Å². The van der Waals surface area contributed by atoms with Gasteiger partial charge >= 0.3 is 5.97 Å². The van der Waals surface area contributed by atoms with Gasteiger partial charge in [-0.15, -0.1) is 0 Å². The van der Waals surface area contributed by atoms with Gasteiger partial charge in [-0.1, -0.05) is 90.9 Å². The van der Waals surface area contributed by atoms with Crippen LogP contribution in [-0.4, -0.2) is 28.4 Å². The first kappa shape index (κ1) is 27.1. The van der Waals surface area contributed by atoms with E-state index in [2.05, 4.69) is 13.8 Å². The zero-order valence-electron chi connectivity index (χ0n) is 20.0. The lowest BCUT2D eigenvalue weighted by Gasteiger charge is -2.19. The molecule has 0 aromatic heterocycles. The van der Waals surface area contributed by atoms with E-state index in [9.17, 15) is 20.1 Å². The van der Waals surface area contributed by atoms with Crippen LogP contribution in [0.5, 0.6) is 17.2 Å². The number of carbonyl (C=O) groups is 1. The Hall–Kier alpha value is -1.91. The summed E-state index contributed by atoms with van der Waals surface area (Å²) in [6, 6.07) is 0. The minimum Gasteiger partial charge on any atom is -0.504 e. The van der Waals surface area contributed by atoms with Gasteiger partial charge in [0.15, 0.2) is 11.5 Å². The first-order valence-electron chi connectivity index (χ1n) is 12.4. The van der Waals surface area contributed by atoms with E-state index in [1.165, 1.54) is 58.5 Å². The molecule has 1 aromatic rings. The van der Waals surface area contributed by atoms with Crippen molar-refractivity contribution in [2.45, 2.75) is 117 Å². The number of rotatable bonds is 18. The number of aromatic carboxylic acids is 1. The molecule has 5 nitrogen and oxygen atoms in total. The van der Waals surface area contributed by atoms with Crippen LogP contribution in [0.4, 0.5) is 0 Å². The molecule has 5 heteroatoms. The van der Waals surface area contributed by atoms with Crippen LogP contribution in [0.15, 0.2) is 0 Å². The second-order valence-corrected chi connectivity index (χ2v) is 8.61. The molecule has 0 atom stereocenters.